The molecule has 0 fully saturated rings. The molecule has 2 rings (SSSR count). The van der Waals surface area contributed by atoms with Gasteiger partial charge in [-0.3, -0.25) is 5.43 Å². The number of rotatable bonds is 4. The summed E-state index contributed by atoms with van der Waals surface area (Å²) in [5, 5.41) is 4.43. The number of aromatic nitrogens is 1. The summed E-state index contributed by atoms with van der Waals surface area (Å²) in [6, 6.07) is 15.9. The molecule has 104 valence electrons. The molecule has 4 nitrogen and oxygen atoms in total. The van der Waals surface area contributed by atoms with Gasteiger partial charge in [0.1, 0.15) is 5.71 Å². The Hall–Kier alpha value is -1.54. The van der Waals surface area contributed by atoms with Crippen molar-refractivity contribution in [2.45, 2.75) is 6.54 Å². The van der Waals surface area contributed by atoms with E-state index in [9.17, 15) is 0 Å². The summed E-state index contributed by atoms with van der Waals surface area (Å²) in [6.45, 7) is 0.639. The molecule has 0 saturated carbocycles. The largest absolute Gasteiger partial charge is 1.00 e. The first-order chi connectivity index (χ1) is 9.25. The van der Waals surface area contributed by atoms with Crippen molar-refractivity contribution in [3.63, 3.8) is 0 Å². The van der Waals surface area contributed by atoms with Gasteiger partial charge in [0.15, 0.2) is 24.1 Å². The topological polar surface area (TPSA) is 54.3 Å². The van der Waals surface area contributed by atoms with Gasteiger partial charge in [-0.25, -0.2) is 0 Å². The van der Waals surface area contributed by atoms with Crippen LogP contribution >= 0.6 is 12.2 Å². The Labute approximate surface area is 140 Å². The summed E-state index contributed by atoms with van der Waals surface area (Å²) >= 11 is 4.78. The maximum absolute atomic E-state index is 5.42. The van der Waals surface area contributed by atoms with E-state index in [1.807, 2.05) is 65.5 Å². The summed E-state index contributed by atoms with van der Waals surface area (Å²) in [5.41, 5.74) is 9.96. The molecule has 0 amide bonds. The maximum atomic E-state index is 5.42. The Morgan fingerprint density at radius 2 is 1.70 bits per heavy atom. The highest BCUT2D eigenvalue weighted by Gasteiger charge is 2.09. The molecule has 0 aliphatic carbocycles. The van der Waals surface area contributed by atoms with Crippen molar-refractivity contribution in [2.75, 3.05) is 0 Å². The third-order valence-electron chi connectivity index (χ3n) is 2.52. The molecule has 2 aromatic rings. The number of nitrogens with zero attached hydrogens (tertiary/aromatic N) is 2. The van der Waals surface area contributed by atoms with Gasteiger partial charge in [-0.1, -0.05) is 36.4 Å². The first kappa shape index (κ1) is 16.5. The van der Waals surface area contributed by atoms with Crippen LogP contribution in [0.15, 0.2) is 66.0 Å². The molecule has 0 atom stereocenters. The molecule has 0 saturated heterocycles. The van der Waals surface area contributed by atoms with Gasteiger partial charge < -0.3 is 29.7 Å². The molecule has 0 aliphatic rings. The van der Waals surface area contributed by atoms with Crippen molar-refractivity contribution >= 4 is 23.0 Å². The van der Waals surface area contributed by atoms with Crippen molar-refractivity contribution < 1.29 is 28.5 Å². The van der Waals surface area contributed by atoms with Crippen LogP contribution in [-0.4, -0.2) is 10.8 Å². The van der Waals surface area contributed by atoms with Crippen molar-refractivity contribution in [3.8, 4) is 0 Å². The summed E-state index contributed by atoms with van der Waals surface area (Å²) in [7, 11) is 0. The molecule has 1 aromatic heterocycles. The number of nitrogens with two attached hydrogens (primary N) is 1. The number of pyridine rings is 1. The number of hydrogen-bond donors (Lipinski definition) is 2. The van der Waals surface area contributed by atoms with Crippen LogP contribution in [0.5, 0.6) is 0 Å². The average molecular weight is 398 g/mol. The van der Waals surface area contributed by atoms with Crippen LogP contribution in [-0.2, 0) is 6.54 Å². The normalized spacial score (nSPS) is 10.5. The zero-order valence-electron chi connectivity index (χ0n) is 10.7. The fourth-order valence-corrected chi connectivity index (χ4v) is 1.70. The highest BCUT2D eigenvalue weighted by atomic mass is 127. The smallest absolute Gasteiger partial charge is 0.192 e. The van der Waals surface area contributed by atoms with Gasteiger partial charge in [0, 0.05) is 17.7 Å². The molecule has 0 bridgehead atoms. The third-order valence-corrected chi connectivity index (χ3v) is 2.61. The molecule has 0 spiro atoms. The number of halogens is 1. The van der Waals surface area contributed by atoms with E-state index in [1.54, 1.807) is 0 Å². The maximum Gasteiger partial charge on any atom is 0.192 e. The SMILES string of the molecule is NC(=S)NN=C(C[n+]1ccccc1)c1ccccc1.[I-]. The van der Waals surface area contributed by atoms with Crippen LogP contribution in [0, 0.1) is 0 Å². The molecular weight excluding hydrogens is 383 g/mol. The van der Waals surface area contributed by atoms with Gasteiger partial charge in [-0.2, -0.15) is 9.67 Å². The van der Waals surface area contributed by atoms with Crippen LogP contribution < -0.4 is 39.7 Å². The number of hydrazone groups is 1. The predicted molar refractivity (Wildman–Crippen MR) is 79.5 cm³/mol. The Bertz CT molecular complexity index is 572. The lowest BCUT2D eigenvalue weighted by Crippen LogP contribution is -3.00. The van der Waals surface area contributed by atoms with Crippen LogP contribution in [0.4, 0.5) is 0 Å². The van der Waals surface area contributed by atoms with Gasteiger partial charge >= 0.3 is 0 Å². The minimum atomic E-state index is 0. The van der Waals surface area contributed by atoms with Gasteiger partial charge in [0.25, 0.3) is 0 Å². The number of hydrogen-bond acceptors (Lipinski definition) is 2. The van der Waals surface area contributed by atoms with Crippen LogP contribution in [0.2, 0.25) is 0 Å². The Balaban J connectivity index is 0.00000200. The molecule has 0 radical (unpaired) electrons. The van der Waals surface area contributed by atoms with E-state index in [2.05, 4.69) is 10.5 Å². The monoisotopic (exact) mass is 398 g/mol. The highest BCUT2D eigenvalue weighted by Crippen LogP contribution is 2.01. The number of benzene rings is 1. The van der Waals surface area contributed by atoms with Gasteiger partial charge in [0.2, 0.25) is 0 Å². The summed E-state index contributed by atoms with van der Waals surface area (Å²) < 4.78 is 2.03. The average Bonchev–Trinajstić information content (AvgIpc) is 2.45. The second-order valence-electron chi connectivity index (χ2n) is 3.95. The Kier molecular flexibility index (Phi) is 7.10. The number of thiocarbonyl (C=S) groups is 1. The molecule has 0 aliphatic heterocycles. The number of nitrogens with one attached hydrogen (secondary N) is 1. The Morgan fingerprint density at radius 1 is 1.10 bits per heavy atom. The quantitative estimate of drug-likeness (QED) is 0.211. The fourth-order valence-electron chi connectivity index (χ4n) is 1.66. The van der Waals surface area contributed by atoms with Crippen LogP contribution in [0.3, 0.4) is 0 Å². The molecule has 1 heterocycles. The van der Waals surface area contributed by atoms with E-state index in [1.165, 1.54) is 0 Å². The zero-order valence-corrected chi connectivity index (χ0v) is 13.7. The molecule has 0 unspecified atom stereocenters. The minimum absolute atomic E-state index is 0. The van der Waals surface area contributed by atoms with Crippen LogP contribution in [0.1, 0.15) is 5.56 Å². The molecule has 20 heavy (non-hydrogen) atoms. The molecule has 3 N–H and O–H groups in total. The molecular formula is C14H15IN4S. The second kappa shape index (κ2) is 8.60. The van der Waals surface area contributed by atoms with E-state index >= 15 is 0 Å². The molecule has 1 aromatic carbocycles. The van der Waals surface area contributed by atoms with Crippen molar-refractivity contribution in [2.24, 2.45) is 10.8 Å². The Morgan fingerprint density at radius 3 is 2.30 bits per heavy atom. The van der Waals surface area contributed by atoms with Gasteiger partial charge in [0.05, 0.1) is 0 Å². The van der Waals surface area contributed by atoms with Gasteiger partial charge in [-0.05, 0) is 12.2 Å². The van der Waals surface area contributed by atoms with E-state index in [0.717, 1.165) is 11.3 Å². The van der Waals surface area contributed by atoms with E-state index < -0.39 is 0 Å². The van der Waals surface area contributed by atoms with Crippen molar-refractivity contribution in [1.82, 2.24) is 5.43 Å². The molecule has 6 heteroatoms. The zero-order chi connectivity index (χ0) is 13.5. The highest BCUT2D eigenvalue weighted by molar-refractivity contribution is 7.80. The fraction of sp³-hybridized carbons (Fsp3) is 0.0714. The van der Waals surface area contributed by atoms with Gasteiger partial charge in [-0.15, -0.1) is 0 Å². The lowest BCUT2D eigenvalue weighted by atomic mass is 10.1. The summed E-state index contributed by atoms with van der Waals surface area (Å²) in [6.07, 6.45) is 3.97. The second-order valence-corrected chi connectivity index (χ2v) is 4.39. The van der Waals surface area contributed by atoms with Crippen molar-refractivity contribution in [3.05, 3.63) is 66.5 Å². The minimum Gasteiger partial charge on any atom is -1.00 e. The third kappa shape index (κ3) is 5.22. The lowest BCUT2D eigenvalue weighted by Gasteiger charge is -2.04. The van der Waals surface area contributed by atoms with E-state index in [0.29, 0.717) is 6.54 Å². The summed E-state index contributed by atoms with van der Waals surface area (Å²) in [4.78, 5) is 0. The lowest BCUT2D eigenvalue weighted by molar-refractivity contribution is -0.681. The van der Waals surface area contributed by atoms with Crippen LogP contribution in [0.25, 0.3) is 0 Å². The first-order valence-electron chi connectivity index (χ1n) is 5.87. The van der Waals surface area contributed by atoms with E-state index in [-0.39, 0.29) is 29.1 Å². The first-order valence-corrected chi connectivity index (χ1v) is 6.28. The van der Waals surface area contributed by atoms with Crippen molar-refractivity contribution in [1.29, 1.82) is 0 Å². The summed E-state index contributed by atoms with van der Waals surface area (Å²) in [5.74, 6) is 0. The standard InChI is InChI=1S/C14H14N4S.HI/c15-14(19)17-16-13(12-7-3-1-4-8-12)11-18-9-5-2-6-10-18;/h1-10H,11H2,(H2-,15,17,19);1H. The van der Waals surface area contributed by atoms with E-state index in [4.69, 9.17) is 18.0 Å². The predicted octanol–water partition coefficient (Wildman–Crippen LogP) is -1.78.